The van der Waals surface area contributed by atoms with Gasteiger partial charge in [0, 0.05) is 36.7 Å². The number of thiophene rings is 1. The zero-order valence-electron chi connectivity index (χ0n) is 16.5. The minimum atomic E-state index is -0.146. The molecule has 2 amide bonds. The number of fused-ring (bicyclic) bond motifs is 1. The average molecular weight is 405 g/mol. The van der Waals surface area contributed by atoms with Crippen molar-refractivity contribution in [1.29, 1.82) is 0 Å². The standard InChI is InChI=1S/C20H28N4O3S/c1-12-13(2)28-20-17(12)19(27)23-15(24-20)8-9-16(25)21-10-11-22-18(26)14-6-4-3-5-7-14/h14H,3-11H2,1-2H3,(H,21,25)(H,22,26)(H,23,24,27). The lowest BCUT2D eigenvalue weighted by Gasteiger charge is -2.20. The number of nitrogens with zero attached hydrogens (tertiary/aromatic N) is 1. The summed E-state index contributed by atoms with van der Waals surface area (Å²) >= 11 is 1.50. The lowest BCUT2D eigenvalue weighted by molar-refractivity contribution is -0.126. The summed E-state index contributed by atoms with van der Waals surface area (Å²) in [5, 5.41) is 6.35. The molecule has 0 aliphatic heterocycles. The second-order valence-electron chi connectivity index (χ2n) is 7.45. The van der Waals surface area contributed by atoms with Gasteiger partial charge in [-0.2, -0.15) is 0 Å². The van der Waals surface area contributed by atoms with Crippen LogP contribution in [0.3, 0.4) is 0 Å². The van der Waals surface area contributed by atoms with E-state index in [-0.39, 0.29) is 29.7 Å². The molecule has 1 aliphatic rings. The van der Waals surface area contributed by atoms with Crippen molar-refractivity contribution < 1.29 is 9.59 Å². The predicted molar refractivity (Wildman–Crippen MR) is 111 cm³/mol. The first kappa shape index (κ1) is 20.5. The minimum Gasteiger partial charge on any atom is -0.354 e. The molecule has 2 aromatic rings. The third kappa shape index (κ3) is 4.98. The van der Waals surface area contributed by atoms with Crippen LogP contribution in [0, 0.1) is 19.8 Å². The Morgan fingerprint density at radius 2 is 1.86 bits per heavy atom. The molecule has 2 heterocycles. The van der Waals surface area contributed by atoms with Crippen molar-refractivity contribution in [2.45, 2.75) is 58.8 Å². The van der Waals surface area contributed by atoms with Gasteiger partial charge in [0.25, 0.3) is 5.56 Å². The molecule has 1 aliphatic carbocycles. The molecule has 3 rings (SSSR count). The average Bonchev–Trinajstić information content (AvgIpc) is 2.98. The molecule has 0 saturated heterocycles. The second-order valence-corrected chi connectivity index (χ2v) is 8.66. The number of rotatable bonds is 7. The van der Waals surface area contributed by atoms with E-state index in [1.165, 1.54) is 17.8 Å². The molecule has 0 spiro atoms. The third-order valence-electron chi connectivity index (χ3n) is 5.40. The Bertz CT molecular complexity index is 912. The van der Waals surface area contributed by atoms with Crippen LogP contribution >= 0.6 is 11.3 Å². The highest BCUT2D eigenvalue weighted by atomic mass is 32.1. The molecule has 2 aromatic heterocycles. The van der Waals surface area contributed by atoms with Crippen LogP contribution in [-0.2, 0) is 16.0 Å². The summed E-state index contributed by atoms with van der Waals surface area (Å²) < 4.78 is 0. The van der Waals surface area contributed by atoms with Crippen molar-refractivity contribution in [2.24, 2.45) is 5.92 Å². The summed E-state index contributed by atoms with van der Waals surface area (Å²) in [7, 11) is 0. The van der Waals surface area contributed by atoms with Crippen molar-refractivity contribution in [3.05, 3.63) is 26.6 Å². The molecule has 0 unspecified atom stereocenters. The number of hydrogen-bond donors (Lipinski definition) is 3. The second kappa shape index (κ2) is 9.32. The van der Waals surface area contributed by atoms with Crippen LogP contribution in [0.15, 0.2) is 4.79 Å². The number of aromatic nitrogens is 2. The molecule has 7 nitrogen and oxygen atoms in total. The van der Waals surface area contributed by atoms with Gasteiger partial charge in [0.1, 0.15) is 10.7 Å². The van der Waals surface area contributed by atoms with Crippen LogP contribution in [0.4, 0.5) is 0 Å². The number of carbonyl (C=O) groups excluding carboxylic acids is 2. The molecule has 1 fully saturated rings. The van der Waals surface area contributed by atoms with Crippen molar-refractivity contribution >= 4 is 33.4 Å². The Morgan fingerprint density at radius 3 is 2.61 bits per heavy atom. The van der Waals surface area contributed by atoms with Crippen molar-refractivity contribution in [1.82, 2.24) is 20.6 Å². The quantitative estimate of drug-likeness (QED) is 0.616. The Hall–Kier alpha value is -2.22. The highest BCUT2D eigenvalue weighted by Crippen LogP contribution is 2.25. The van der Waals surface area contributed by atoms with Gasteiger partial charge in [0.2, 0.25) is 11.8 Å². The fraction of sp³-hybridized carbons (Fsp3) is 0.600. The number of aryl methyl sites for hydroxylation is 3. The first-order valence-electron chi connectivity index (χ1n) is 9.99. The maximum Gasteiger partial charge on any atom is 0.259 e. The smallest absolute Gasteiger partial charge is 0.259 e. The van der Waals surface area contributed by atoms with E-state index in [0.29, 0.717) is 30.7 Å². The van der Waals surface area contributed by atoms with E-state index in [4.69, 9.17) is 0 Å². The monoisotopic (exact) mass is 404 g/mol. The van der Waals surface area contributed by atoms with Gasteiger partial charge in [0.15, 0.2) is 0 Å². The molecule has 0 bridgehead atoms. The topological polar surface area (TPSA) is 104 Å². The maximum absolute atomic E-state index is 12.3. The highest BCUT2D eigenvalue weighted by molar-refractivity contribution is 7.18. The number of carbonyl (C=O) groups is 2. The van der Waals surface area contributed by atoms with Gasteiger partial charge in [-0.05, 0) is 32.3 Å². The molecule has 1 saturated carbocycles. The van der Waals surface area contributed by atoms with E-state index < -0.39 is 0 Å². The highest BCUT2D eigenvalue weighted by Gasteiger charge is 2.20. The van der Waals surface area contributed by atoms with Gasteiger partial charge in [-0.3, -0.25) is 14.4 Å². The van der Waals surface area contributed by atoms with E-state index in [1.807, 2.05) is 13.8 Å². The molecular formula is C20H28N4O3S. The molecule has 152 valence electrons. The number of hydrogen-bond acceptors (Lipinski definition) is 5. The van der Waals surface area contributed by atoms with Crippen LogP contribution < -0.4 is 16.2 Å². The van der Waals surface area contributed by atoms with Gasteiger partial charge in [-0.15, -0.1) is 11.3 Å². The Morgan fingerprint density at radius 1 is 1.14 bits per heavy atom. The molecular weight excluding hydrogens is 376 g/mol. The summed E-state index contributed by atoms with van der Waals surface area (Å²) in [6, 6.07) is 0. The first-order chi connectivity index (χ1) is 13.5. The normalized spacial score (nSPS) is 14.9. The molecule has 3 N–H and O–H groups in total. The van der Waals surface area contributed by atoms with Gasteiger partial charge >= 0.3 is 0 Å². The zero-order valence-corrected chi connectivity index (χ0v) is 17.3. The summed E-state index contributed by atoms with van der Waals surface area (Å²) in [6.45, 7) is 4.74. The predicted octanol–water partition coefficient (Wildman–Crippen LogP) is 2.35. The van der Waals surface area contributed by atoms with E-state index in [0.717, 1.165) is 41.0 Å². The number of H-pyrrole nitrogens is 1. The van der Waals surface area contributed by atoms with Crippen LogP contribution in [0.1, 0.15) is 54.8 Å². The largest absolute Gasteiger partial charge is 0.354 e. The summed E-state index contributed by atoms with van der Waals surface area (Å²) in [4.78, 5) is 45.4. The fourth-order valence-corrected chi connectivity index (χ4v) is 4.68. The minimum absolute atomic E-state index is 0.102. The van der Waals surface area contributed by atoms with Gasteiger partial charge in [-0.25, -0.2) is 4.98 Å². The van der Waals surface area contributed by atoms with Crippen molar-refractivity contribution in [2.75, 3.05) is 13.1 Å². The summed E-state index contributed by atoms with van der Waals surface area (Å²) in [5.41, 5.74) is 0.820. The maximum atomic E-state index is 12.3. The lowest BCUT2D eigenvalue weighted by Crippen LogP contribution is -2.38. The van der Waals surface area contributed by atoms with Crippen molar-refractivity contribution in [3.63, 3.8) is 0 Å². The zero-order chi connectivity index (χ0) is 20.1. The first-order valence-corrected chi connectivity index (χ1v) is 10.8. The van der Waals surface area contributed by atoms with Gasteiger partial charge < -0.3 is 15.6 Å². The summed E-state index contributed by atoms with van der Waals surface area (Å²) in [6.07, 6.45) is 6.03. The van der Waals surface area contributed by atoms with Crippen LogP contribution in [-0.4, -0.2) is 34.9 Å². The lowest BCUT2D eigenvalue weighted by atomic mass is 9.89. The number of amides is 2. The molecule has 0 radical (unpaired) electrons. The summed E-state index contributed by atoms with van der Waals surface area (Å²) in [5.74, 6) is 0.644. The molecule has 0 aromatic carbocycles. The van der Waals surface area contributed by atoms with E-state index in [1.54, 1.807) is 0 Å². The fourth-order valence-electron chi connectivity index (χ4n) is 3.63. The van der Waals surface area contributed by atoms with E-state index in [9.17, 15) is 14.4 Å². The SMILES string of the molecule is Cc1sc2nc(CCC(=O)NCCNC(=O)C3CCCCC3)[nH]c(=O)c2c1C. The van der Waals surface area contributed by atoms with Gasteiger partial charge in [-0.1, -0.05) is 19.3 Å². The Labute approximate surface area is 168 Å². The molecule has 8 heteroatoms. The number of nitrogens with one attached hydrogen (secondary N) is 3. The van der Waals surface area contributed by atoms with E-state index in [2.05, 4.69) is 20.6 Å². The molecule has 28 heavy (non-hydrogen) atoms. The number of aromatic amines is 1. The third-order valence-corrected chi connectivity index (χ3v) is 6.50. The van der Waals surface area contributed by atoms with Crippen LogP contribution in [0.25, 0.3) is 10.2 Å². The van der Waals surface area contributed by atoms with Gasteiger partial charge in [0.05, 0.1) is 5.39 Å². The Balaban J connectivity index is 1.41. The molecule has 0 atom stereocenters. The van der Waals surface area contributed by atoms with Crippen LogP contribution in [0.2, 0.25) is 0 Å². The van der Waals surface area contributed by atoms with E-state index >= 15 is 0 Å². The Kier molecular flexibility index (Phi) is 6.83. The van der Waals surface area contributed by atoms with Crippen LogP contribution in [0.5, 0.6) is 0 Å². The van der Waals surface area contributed by atoms with Crippen molar-refractivity contribution in [3.8, 4) is 0 Å².